The van der Waals surface area contributed by atoms with Gasteiger partial charge in [0.25, 0.3) is 0 Å². The highest BCUT2D eigenvalue weighted by Crippen LogP contribution is 2.24. The molecule has 0 spiro atoms. The molecule has 1 N–H and O–H groups in total. The van der Waals surface area contributed by atoms with E-state index in [1.807, 2.05) is 23.7 Å². The third-order valence-corrected chi connectivity index (χ3v) is 4.89. The zero-order valence-corrected chi connectivity index (χ0v) is 16.1. The van der Waals surface area contributed by atoms with Gasteiger partial charge in [0.1, 0.15) is 12.4 Å². The number of aromatic nitrogens is 3. The van der Waals surface area contributed by atoms with Crippen molar-refractivity contribution in [2.24, 2.45) is 7.05 Å². The van der Waals surface area contributed by atoms with Gasteiger partial charge in [-0.3, -0.25) is 4.79 Å². The van der Waals surface area contributed by atoms with Gasteiger partial charge in [-0.2, -0.15) is 0 Å². The molecule has 0 aliphatic heterocycles. The molecule has 0 saturated heterocycles. The van der Waals surface area contributed by atoms with Crippen LogP contribution in [0.5, 0.6) is 5.75 Å². The largest absolute Gasteiger partial charge is 0.484 e. The highest BCUT2D eigenvalue weighted by Gasteiger charge is 2.12. The number of amides is 1. The molecule has 136 valence electrons. The van der Waals surface area contributed by atoms with Crippen molar-refractivity contribution in [2.45, 2.75) is 37.9 Å². The smallest absolute Gasteiger partial charge is 0.230 e. The maximum Gasteiger partial charge on any atom is 0.230 e. The lowest BCUT2D eigenvalue weighted by atomic mass is 10.2. The summed E-state index contributed by atoms with van der Waals surface area (Å²) < 4.78 is 7.50. The van der Waals surface area contributed by atoms with Crippen LogP contribution in [0.1, 0.15) is 32.0 Å². The van der Waals surface area contributed by atoms with Crippen LogP contribution in [0, 0.1) is 0 Å². The fourth-order valence-corrected chi connectivity index (χ4v) is 3.03. The second kappa shape index (κ2) is 10.3. The first-order valence-electron chi connectivity index (χ1n) is 8.27. The number of carbonyl (C=O) groups excluding carboxylic acids is 1. The first-order chi connectivity index (χ1) is 12.1. The van der Waals surface area contributed by atoms with E-state index < -0.39 is 0 Å². The van der Waals surface area contributed by atoms with E-state index in [9.17, 15) is 4.79 Å². The number of nitrogens with zero attached hydrogens (tertiary/aromatic N) is 3. The number of nitrogens with one attached hydrogen (secondary N) is 1. The van der Waals surface area contributed by atoms with Crippen molar-refractivity contribution in [3.63, 3.8) is 0 Å². The molecule has 0 fully saturated rings. The number of carbonyl (C=O) groups is 1. The second-order valence-corrected chi connectivity index (χ2v) is 6.87. The topological polar surface area (TPSA) is 69.0 Å². The Bertz CT molecular complexity index is 693. The molecule has 2 aromatic rings. The standard InChI is InChI=1S/C17H23ClN4O2S/c1-3-4-7-10-19-16(23)12-25-17-21-20-15(22(17)2)11-24-14-9-6-5-8-13(14)18/h5-6,8-9H,3-4,7,10-12H2,1-2H3,(H,19,23). The Hall–Kier alpha value is -1.73. The fraction of sp³-hybridized carbons (Fsp3) is 0.471. The maximum atomic E-state index is 11.8. The van der Waals surface area contributed by atoms with E-state index in [-0.39, 0.29) is 12.5 Å². The van der Waals surface area contributed by atoms with E-state index in [1.54, 1.807) is 12.1 Å². The highest BCUT2D eigenvalue weighted by atomic mass is 35.5. The summed E-state index contributed by atoms with van der Waals surface area (Å²) in [7, 11) is 1.85. The summed E-state index contributed by atoms with van der Waals surface area (Å²) in [5.74, 6) is 1.61. The van der Waals surface area contributed by atoms with Gasteiger partial charge >= 0.3 is 0 Å². The molecule has 1 amide bonds. The van der Waals surface area contributed by atoms with E-state index in [4.69, 9.17) is 16.3 Å². The molecule has 0 unspecified atom stereocenters. The second-order valence-electron chi connectivity index (χ2n) is 5.52. The Morgan fingerprint density at radius 2 is 2.12 bits per heavy atom. The summed E-state index contributed by atoms with van der Waals surface area (Å²) in [6.07, 6.45) is 3.29. The van der Waals surface area contributed by atoms with Gasteiger partial charge in [-0.1, -0.05) is 55.3 Å². The normalized spacial score (nSPS) is 10.7. The average molecular weight is 383 g/mol. The summed E-state index contributed by atoms with van der Waals surface area (Å²) >= 11 is 7.43. The molecule has 8 heteroatoms. The van der Waals surface area contributed by atoms with Crippen molar-refractivity contribution >= 4 is 29.3 Å². The SMILES string of the molecule is CCCCCNC(=O)CSc1nnc(COc2ccccc2Cl)n1C. The number of hydrogen-bond donors (Lipinski definition) is 1. The molecule has 0 radical (unpaired) electrons. The molecule has 1 heterocycles. The maximum absolute atomic E-state index is 11.8. The number of hydrogen-bond acceptors (Lipinski definition) is 5. The minimum absolute atomic E-state index is 0.0120. The van der Waals surface area contributed by atoms with Crippen molar-refractivity contribution in [2.75, 3.05) is 12.3 Å². The number of para-hydroxylation sites is 1. The number of halogens is 1. The number of rotatable bonds is 10. The third kappa shape index (κ3) is 6.25. The van der Waals surface area contributed by atoms with Gasteiger partial charge in [0.2, 0.25) is 5.91 Å². The van der Waals surface area contributed by atoms with Crippen LogP contribution in [0.3, 0.4) is 0 Å². The van der Waals surface area contributed by atoms with Crippen LogP contribution in [-0.2, 0) is 18.4 Å². The molecular weight excluding hydrogens is 360 g/mol. The van der Waals surface area contributed by atoms with Gasteiger partial charge < -0.3 is 14.6 Å². The molecule has 1 aromatic carbocycles. The third-order valence-electron chi connectivity index (χ3n) is 3.55. The highest BCUT2D eigenvalue weighted by molar-refractivity contribution is 7.99. The van der Waals surface area contributed by atoms with Gasteiger partial charge in [-0.15, -0.1) is 10.2 Å². The van der Waals surface area contributed by atoms with Gasteiger partial charge in [-0.25, -0.2) is 0 Å². The van der Waals surface area contributed by atoms with Crippen LogP contribution in [0.2, 0.25) is 5.02 Å². The van der Waals surface area contributed by atoms with Crippen LogP contribution in [0.25, 0.3) is 0 Å². The molecule has 6 nitrogen and oxygen atoms in total. The van der Waals surface area contributed by atoms with E-state index in [1.165, 1.54) is 11.8 Å². The molecule has 0 bridgehead atoms. The summed E-state index contributed by atoms with van der Waals surface area (Å²) in [5.41, 5.74) is 0. The number of unbranched alkanes of at least 4 members (excludes halogenated alkanes) is 2. The summed E-state index contributed by atoms with van der Waals surface area (Å²) in [6.45, 7) is 3.12. The minimum atomic E-state index is 0.0120. The molecule has 1 aromatic heterocycles. The number of thioether (sulfide) groups is 1. The van der Waals surface area contributed by atoms with Crippen molar-refractivity contribution in [1.29, 1.82) is 0 Å². The van der Waals surface area contributed by atoms with Crippen molar-refractivity contribution in [3.05, 3.63) is 35.1 Å². The van der Waals surface area contributed by atoms with E-state index in [0.29, 0.717) is 27.5 Å². The van der Waals surface area contributed by atoms with Gasteiger partial charge in [0.05, 0.1) is 10.8 Å². The lowest BCUT2D eigenvalue weighted by Crippen LogP contribution is -2.26. The van der Waals surface area contributed by atoms with Gasteiger partial charge in [0, 0.05) is 13.6 Å². The number of benzene rings is 1. The lowest BCUT2D eigenvalue weighted by molar-refractivity contribution is -0.118. The number of ether oxygens (including phenoxy) is 1. The predicted octanol–water partition coefficient (Wildman–Crippen LogP) is 3.45. The van der Waals surface area contributed by atoms with Gasteiger partial charge in [0.15, 0.2) is 11.0 Å². The summed E-state index contributed by atoms with van der Waals surface area (Å²) in [6, 6.07) is 7.28. The molecule has 0 saturated carbocycles. The average Bonchev–Trinajstić information content (AvgIpc) is 2.96. The molecular formula is C17H23ClN4O2S. The van der Waals surface area contributed by atoms with Crippen LogP contribution in [0.4, 0.5) is 0 Å². The summed E-state index contributed by atoms with van der Waals surface area (Å²) in [4.78, 5) is 11.8. The Labute approximate surface area is 157 Å². The molecule has 0 atom stereocenters. The monoisotopic (exact) mass is 382 g/mol. The molecule has 0 aliphatic rings. The first kappa shape index (κ1) is 19.6. The zero-order valence-electron chi connectivity index (χ0n) is 14.5. The quantitative estimate of drug-likeness (QED) is 0.503. The van der Waals surface area contributed by atoms with Crippen molar-refractivity contribution in [3.8, 4) is 5.75 Å². The first-order valence-corrected chi connectivity index (χ1v) is 9.63. The Morgan fingerprint density at radius 1 is 1.32 bits per heavy atom. The van der Waals surface area contributed by atoms with Crippen LogP contribution < -0.4 is 10.1 Å². The zero-order chi connectivity index (χ0) is 18.1. The fourth-order valence-electron chi connectivity index (χ4n) is 2.08. The van der Waals surface area contributed by atoms with E-state index >= 15 is 0 Å². The Morgan fingerprint density at radius 3 is 2.88 bits per heavy atom. The predicted molar refractivity (Wildman–Crippen MR) is 100 cm³/mol. The van der Waals surface area contributed by atoms with Crippen molar-refractivity contribution in [1.82, 2.24) is 20.1 Å². The van der Waals surface area contributed by atoms with Crippen LogP contribution in [-0.4, -0.2) is 33.0 Å². The summed E-state index contributed by atoms with van der Waals surface area (Å²) in [5, 5.41) is 12.4. The van der Waals surface area contributed by atoms with Crippen LogP contribution >= 0.6 is 23.4 Å². The van der Waals surface area contributed by atoms with E-state index in [2.05, 4.69) is 22.4 Å². The molecule has 25 heavy (non-hydrogen) atoms. The van der Waals surface area contributed by atoms with Gasteiger partial charge in [-0.05, 0) is 18.6 Å². The lowest BCUT2D eigenvalue weighted by Gasteiger charge is -2.08. The Kier molecular flexibility index (Phi) is 8.08. The van der Waals surface area contributed by atoms with E-state index in [0.717, 1.165) is 25.8 Å². The molecule has 0 aliphatic carbocycles. The van der Waals surface area contributed by atoms with Crippen LogP contribution in [0.15, 0.2) is 29.4 Å². The molecule has 2 rings (SSSR count). The minimum Gasteiger partial charge on any atom is -0.484 e. The Balaban J connectivity index is 1.80. The van der Waals surface area contributed by atoms with Crippen molar-refractivity contribution < 1.29 is 9.53 Å².